The molecule has 0 radical (unpaired) electrons. The van der Waals surface area contributed by atoms with E-state index in [0.717, 1.165) is 11.1 Å². The van der Waals surface area contributed by atoms with Crippen LogP contribution in [0.15, 0.2) is 90.0 Å². The standard InChI is InChI=1S/C25H20N4O3S/c1-17-11-13-19(14-12-17)33(31,32)29-22-10-6-5-9-20(22)21-16-27-28-23(24(21)29)25(30)26-15-18-7-3-2-4-8-18/h2-14,16H,15H2,1H3,(H,26,30). The lowest BCUT2D eigenvalue weighted by Crippen LogP contribution is -2.25. The largest absolute Gasteiger partial charge is 0.346 e. The average Bonchev–Trinajstić information content (AvgIpc) is 3.19. The first-order valence-electron chi connectivity index (χ1n) is 10.4. The fourth-order valence-electron chi connectivity index (χ4n) is 3.86. The number of para-hydroxylation sites is 1. The molecular weight excluding hydrogens is 436 g/mol. The quantitative estimate of drug-likeness (QED) is 0.430. The molecule has 0 aliphatic carbocycles. The molecule has 0 aliphatic rings. The maximum absolute atomic E-state index is 13.8. The van der Waals surface area contributed by atoms with Crippen LogP contribution in [0.2, 0.25) is 0 Å². The number of benzene rings is 3. The summed E-state index contributed by atoms with van der Waals surface area (Å²) in [7, 11) is -4.02. The average molecular weight is 457 g/mol. The maximum Gasteiger partial charge on any atom is 0.274 e. The van der Waals surface area contributed by atoms with Crippen molar-refractivity contribution in [1.82, 2.24) is 19.5 Å². The molecule has 2 heterocycles. The highest BCUT2D eigenvalue weighted by atomic mass is 32.2. The minimum atomic E-state index is -4.02. The molecule has 164 valence electrons. The van der Waals surface area contributed by atoms with Crippen molar-refractivity contribution in [1.29, 1.82) is 0 Å². The molecule has 0 atom stereocenters. The molecule has 0 bridgehead atoms. The third-order valence-corrected chi connectivity index (χ3v) is 7.24. The van der Waals surface area contributed by atoms with Crippen LogP contribution in [0.3, 0.4) is 0 Å². The smallest absolute Gasteiger partial charge is 0.274 e. The Labute approximate surface area is 190 Å². The summed E-state index contributed by atoms with van der Waals surface area (Å²) in [5.41, 5.74) is 2.48. The van der Waals surface area contributed by atoms with E-state index in [4.69, 9.17) is 0 Å². The van der Waals surface area contributed by atoms with E-state index in [1.807, 2.05) is 49.4 Å². The molecule has 0 spiro atoms. The second kappa shape index (κ2) is 8.14. The summed E-state index contributed by atoms with van der Waals surface area (Å²) in [6.07, 6.45) is 1.49. The van der Waals surface area contributed by atoms with Crippen LogP contribution >= 0.6 is 0 Å². The number of amides is 1. The van der Waals surface area contributed by atoms with Gasteiger partial charge in [0.05, 0.1) is 16.6 Å². The Bertz CT molecular complexity index is 1590. The summed E-state index contributed by atoms with van der Waals surface area (Å²) < 4.78 is 28.7. The predicted molar refractivity (Wildman–Crippen MR) is 126 cm³/mol. The zero-order valence-electron chi connectivity index (χ0n) is 17.8. The monoisotopic (exact) mass is 456 g/mol. The SMILES string of the molecule is Cc1ccc(S(=O)(=O)n2c3ccccc3c3cnnc(C(=O)NCc4ccccc4)c32)cc1. The third kappa shape index (κ3) is 3.64. The summed E-state index contributed by atoms with van der Waals surface area (Å²) in [5.74, 6) is -0.500. The number of nitrogens with one attached hydrogen (secondary N) is 1. The summed E-state index contributed by atoms with van der Waals surface area (Å²) in [4.78, 5) is 13.3. The lowest BCUT2D eigenvalue weighted by Gasteiger charge is -2.11. The van der Waals surface area contributed by atoms with E-state index in [1.54, 1.807) is 36.4 Å². The fourth-order valence-corrected chi connectivity index (χ4v) is 5.40. The molecule has 2 aromatic heterocycles. The van der Waals surface area contributed by atoms with Crippen LogP contribution in [-0.4, -0.2) is 28.5 Å². The zero-order valence-corrected chi connectivity index (χ0v) is 18.6. The van der Waals surface area contributed by atoms with E-state index >= 15 is 0 Å². The van der Waals surface area contributed by atoms with Crippen LogP contribution in [0.5, 0.6) is 0 Å². The van der Waals surface area contributed by atoms with Gasteiger partial charge in [-0.25, -0.2) is 12.4 Å². The first kappa shape index (κ1) is 20.8. The molecule has 0 saturated heterocycles. The number of fused-ring (bicyclic) bond motifs is 3. The van der Waals surface area contributed by atoms with Crippen LogP contribution < -0.4 is 5.32 Å². The first-order chi connectivity index (χ1) is 16.0. The van der Waals surface area contributed by atoms with Crippen molar-refractivity contribution in [3.63, 3.8) is 0 Å². The van der Waals surface area contributed by atoms with Crippen molar-refractivity contribution in [2.75, 3.05) is 0 Å². The van der Waals surface area contributed by atoms with Gasteiger partial charge in [0.15, 0.2) is 5.69 Å². The molecule has 3 aromatic carbocycles. The molecule has 7 nitrogen and oxygen atoms in total. The first-order valence-corrected chi connectivity index (χ1v) is 11.8. The summed E-state index contributed by atoms with van der Waals surface area (Å²) >= 11 is 0. The van der Waals surface area contributed by atoms with E-state index in [-0.39, 0.29) is 22.7 Å². The van der Waals surface area contributed by atoms with E-state index in [1.165, 1.54) is 10.2 Å². The Balaban J connectivity index is 1.71. The fraction of sp³-hybridized carbons (Fsp3) is 0.0800. The molecular formula is C25H20N4O3S. The maximum atomic E-state index is 13.8. The number of carbonyl (C=O) groups is 1. The Hall–Kier alpha value is -4.04. The summed E-state index contributed by atoms with van der Waals surface area (Å²) in [6.45, 7) is 2.17. The van der Waals surface area contributed by atoms with Crippen molar-refractivity contribution < 1.29 is 13.2 Å². The van der Waals surface area contributed by atoms with Gasteiger partial charge in [0, 0.05) is 17.3 Å². The molecule has 0 aliphatic heterocycles. The zero-order chi connectivity index (χ0) is 23.0. The lowest BCUT2D eigenvalue weighted by atomic mass is 10.2. The highest BCUT2D eigenvalue weighted by molar-refractivity contribution is 7.90. The molecule has 0 unspecified atom stereocenters. The Morgan fingerprint density at radius 3 is 2.36 bits per heavy atom. The van der Waals surface area contributed by atoms with Gasteiger partial charge in [-0.05, 0) is 30.7 Å². The minimum Gasteiger partial charge on any atom is -0.346 e. The van der Waals surface area contributed by atoms with Gasteiger partial charge in [0.25, 0.3) is 15.9 Å². The highest BCUT2D eigenvalue weighted by Gasteiger charge is 2.27. The second-order valence-electron chi connectivity index (χ2n) is 7.72. The molecule has 33 heavy (non-hydrogen) atoms. The topological polar surface area (TPSA) is 93.9 Å². The van der Waals surface area contributed by atoms with Crippen molar-refractivity contribution >= 4 is 37.7 Å². The van der Waals surface area contributed by atoms with Gasteiger partial charge in [-0.15, -0.1) is 5.10 Å². The van der Waals surface area contributed by atoms with E-state index in [0.29, 0.717) is 16.3 Å². The Morgan fingerprint density at radius 2 is 1.61 bits per heavy atom. The minimum absolute atomic E-state index is 0.0460. The van der Waals surface area contributed by atoms with Crippen molar-refractivity contribution in [3.8, 4) is 0 Å². The van der Waals surface area contributed by atoms with Crippen molar-refractivity contribution in [2.45, 2.75) is 18.4 Å². The second-order valence-corrected chi connectivity index (χ2v) is 9.51. The number of aromatic nitrogens is 3. The van der Waals surface area contributed by atoms with Gasteiger partial charge < -0.3 is 5.32 Å². The van der Waals surface area contributed by atoms with Crippen LogP contribution in [0, 0.1) is 6.92 Å². The highest BCUT2D eigenvalue weighted by Crippen LogP contribution is 2.33. The Morgan fingerprint density at radius 1 is 0.909 bits per heavy atom. The number of hydrogen-bond donors (Lipinski definition) is 1. The van der Waals surface area contributed by atoms with Crippen molar-refractivity contribution in [2.24, 2.45) is 0 Å². The number of carbonyl (C=O) groups excluding carboxylic acids is 1. The van der Waals surface area contributed by atoms with E-state index in [2.05, 4.69) is 15.5 Å². The van der Waals surface area contributed by atoms with Gasteiger partial charge >= 0.3 is 0 Å². The summed E-state index contributed by atoms with van der Waals surface area (Å²) in [5, 5.41) is 12.1. The summed E-state index contributed by atoms with van der Waals surface area (Å²) in [6, 6.07) is 23.2. The van der Waals surface area contributed by atoms with Gasteiger partial charge in [0.2, 0.25) is 0 Å². The normalized spacial score (nSPS) is 11.7. The lowest BCUT2D eigenvalue weighted by molar-refractivity contribution is 0.0946. The molecule has 5 aromatic rings. The number of hydrogen-bond acceptors (Lipinski definition) is 5. The molecule has 8 heteroatoms. The van der Waals surface area contributed by atoms with Crippen LogP contribution in [0.25, 0.3) is 21.8 Å². The van der Waals surface area contributed by atoms with Gasteiger partial charge in [-0.3, -0.25) is 4.79 Å². The van der Waals surface area contributed by atoms with Gasteiger partial charge in [0.1, 0.15) is 5.52 Å². The predicted octanol–water partition coefficient (Wildman–Crippen LogP) is 4.06. The number of rotatable bonds is 5. The number of aryl methyl sites for hydroxylation is 1. The molecule has 0 saturated carbocycles. The molecule has 1 amide bonds. The van der Waals surface area contributed by atoms with Crippen LogP contribution in [0.1, 0.15) is 21.6 Å². The van der Waals surface area contributed by atoms with E-state index < -0.39 is 15.9 Å². The van der Waals surface area contributed by atoms with Gasteiger partial charge in [-0.1, -0.05) is 66.2 Å². The molecule has 5 rings (SSSR count). The van der Waals surface area contributed by atoms with Crippen LogP contribution in [0.4, 0.5) is 0 Å². The van der Waals surface area contributed by atoms with Gasteiger partial charge in [-0.2, -0.15) is 5.10 Å². The molecule has 1 N–H and O–H groups in total. The van der Waals surface area contributed by atoms with Crippen molar-refractivity contribution in [3.05, 3.63) is 102 Å². The Kier molecular flexibility index (Phi) is 5.14. The number of nitrogens with zero attached hydrogens (tertiary/aromatic N) is 3. The van der Waals surface area contributed by atoms with E-state index in [9.17, 15) is 13.2 Å². The third-order valence-electron chi connectivity index (χ3n) is 5.51. The van der Waals surface area contributed by atoms with Crippen LogP contribution in [-0.2, 0) is 16.6 Å². The molecule has 0 fully saturated rings.